The van der Waals surface area contributed by atoms with Gasteiger partial charge in [0.1, 0.15) is 0 Å². The molecule has 2 amide bonds. The maximum atomic E-state index is 12.8. The zero-order chi connectivity index (χ0) is 19.2. The van der Waals surface area contributed by atoms with Crippen molar-refractivity contribution in [1.29, 1.82) is 0 Å². The van der Waals surface area contributed by atoms with E-state index in [0.717, 1.165) is 25.1 Å². The first-order valence-corrected chi connectivity index (χ1v) is 9.18. The molecule has 146 valence electrons. The van der Waals surface area contributed by atoms with E-state index in [-0.39, 0.29) is 24.6 Å². The highest BCUT2D eigenvalue weighted by atomic mass is 16.5. The van der Waals surface area contributed by atoms with E-state index < -0.39 is 0 Å². The smallest absolute Gasteiger partial charge is 0.318 e. The first kappa shape index (κ1) is 18.2. The predicted molar refractivity (Wildman–Crippen MR) is 97.9 cm³/mol. The molecule has 4 rings (SSSR count). The Bertz CT molecular complexity index is 875. The summed E-state index contributed by atoms with van der Waals surface area (Å²) < 4.78 is 16.1. The molecule has 0 radical (unpaired) electrons. The van der Waals surface area contributed by atoms with E-state index in [4.69, 9.17) is 13.7 Å². The number of urea groups is 1. The summed E-state index contributed by atoms with van der Waals surface area (Å²) in [4.78, 5) is 23.0. The topological polar surface area (TPSA) is 107 Å². The van der Waals surface area contributed by atoms with Crippen molar-refractivity contribution in [1.82, 2.24) is 25.3 Å². The molecule has 1 saturated heterocycles. The lowest BCUT2D eigenvalue weighted by atomic mass is 10.2. The quantitative estimate of drug-likeness (QED) is 0.668. The molecule has 0 aliphatic carbocycles. The Balaban J connectivity index is 1.38. The van der Waals surface area contributed by atoms with E-state index in [2.05, 4.69) is 20.4 Å². The maximum Gasteiger partial charge on any atom is 0.318 e. The number of carbonyl (C=O) groups excluding carboxylic acids is 1. The van der Waals surface area contributed by atoms with Crippen molar-refractivity contribution in [3.05, 3.63) is 54.3 Å². The molecular weight excluding hydrogens is 362 g/mol. The van der Waals surface area contributed by atoms with E-state index in [1.807, 2.05) is 18.2 Å². The second-order valence-corrected chi connectivity index (χ2v) is 6.49. The Hall–Kier alpha value is -3.20. The van der Waals surface area contributed by atoms with Crippen LogP contribution < -0.4 is 5.32 Å². The van der Waals surface area contributed by atoms with Crippen LogP contribution in [0.3, 0.4) is 0 Å². The van der Waals surface area contributed by atoms with Crippen molar-refractivity contribution in [2.75, 3.05) is 13.2 Å². The molecule has 0 bridgehead atoms. The molecular formula is C19H21N5O4. The molecule has 0 spiro atoms. The summed E-state index contributed by atoms with van der Waals surface area (Å²) >= 11 is 0. The van der Waals surface area contributed by atoms with E-state index in [9.17, 15) is 4.79 Å². The van der Waals surface area contributed by atoms with Gasteiger partial charge in [-0.05, 0) is 37.1 Å². The molecule has 1 N–H and O–H groups in total. The summed E-state index contributed by atoms with van der Waals surface area (Å²) in [7, 11) is 0. The highest BCUT2D eigenvalue weighted by molar-refractivity contribution is 5.74. The molecule has 1 aliphatic rings. The van der Waals surface area contributed by atoms with Gasteiger partial charge in [-0.25, -0.2) is 4.79 Å². The second-order valence-electron chi connectivity index (χ2n) is 6.49. The minimum atomic E-state index is -0.231. The van der Waals surface area contributed by atoms with Crippen molar-refractivity contribution < 1.29 is 18.5 Å². The first-order valence-electron chi connectivity index (χ1n) is 9.18. The number of hydrogen-bond donors (Lipinski definition) is 1. The molecule has 0 unspecified atom stereocenters. The summed E-state index contributed by atoms with van der Waals surface area (Å²) in [5.74, 6) is 1.13. The van der Waals surface area contributed by atoms with Crippen molar-refractivity contribution in [2.24, 2.45) is 0 Å². The molecule has 9 nitrogen and oxygen atoms in total. The van der Waals surface area contributed by atoms with Crippen LogP contribution in [0.1, 0.15) is 24.4 Å². The fraction of sp³-hybridized carbons (Fsp3) is 0.368. The van der Waals surface area contributed by atoms with Gasteiger partial charge in [0.25, 0.3) is 5.89 Å². The van der Waals surface area contributed by atoms with Crippen LogP contribution in [0.4, 0.5) is 4.79 Å². The molecule has 3 aromatic heterocycles. The van der Waals surface area contributed by atoms with Gasteiger partial charge < -0.3 is 23.9 Å². The number of ether oxygens (including phenoxy) is 1. The predicted octanol–water partition coefficient (Wildman–Crippen LogP) is 2.62. The zero-order valence-corrected chi connectivity index (χ0v) is 15.3. The van der Waals surface area contributed by atoms with Crippen LogP contribution in [0, 0.1) is 0 Å². The average molecular weight is 383 g/mol. The van der Waals surface area contributed by atoms with Crippen molar-refractivity contribution in [3.63, 3.8) is 0 Å². The molecule has 1 fully saturated rings. The van der Waals surface area contributed by atoms with Crippen LogP contribution in [-0.4, -0.2) is 45.3 Å². The maximum absolute atomic E-state index is 12.8. The third-order valence-electron chi connectivity index (χ3n) is 4.41. The fourth-order valence-corrected chi connectivity index (χ4v) is 3.03. The second kappa shape index (κ2) is 8.66. The van der Waals surface area contributed by atoms with Gasteiger partial charge in [0.2, 0.25) is 0 Å². The Morgan fingerprint density at radius 2 is 2.25 bits per heavy atom. The summed E-state index contributed by atoms with van der Waals surface area (Å²) in [5, 5.41) is 6.71. The third-order valence-corrected chi connectivity index (χ3v) is 4.41. The highest BCUT2D eigenvalue weighted by Crippen LogP contribution is 2.17. The van der Waals surface area contributed by atoms with Gasteiger partial charge in [-0.1, -0.05) is 11.2 Å². The molecule has 9 heteroatoms. The van der Waals surface area contributed by atoms with Gasteiger partial charge in [-0.15, -0.1) is 0 Å². The molecule has 1 atom stereocenters. The normalized spacial score (nSPS) is 16.2. The average Bonchev–Trinajstić information content (AvgIpc) is 3.48. The number of nitrogens with zero attached hydrogens (tertiary/aromatic N) is 4. The Labute approximate surface area is 161 Å². The Morgan fingerprint density at radius 1 is 1.29 bits per heavy atom. The Morgan fingerprint density at radius 3 is 3.00 bits per heavy atom. The van der Waals surface area contributed by atoms with Crippen LogP contribution in [0.5, 0.6) is 0 Å². The van der Waals surface area contributed by atoms with Gasteiger partial charge in [-0.2, -0.15) is 4.98 Å². The van der Waals surface area contributed by atoms with Gasteiger partial charge >= 0.3 is 6.03 Å². The zero-order valence-electron chi connectivity index (χ0n) is 15.3. The minimum Gasteiger partial charge on any atom is -0.459 e. The van der Waals surface area contributed by atoms with Crippen molar-refractivity contribution in [3.8, 4) is 11.7 Å². The number of hydrogen-bond acceptors (Lipinski definition) is 7. The lowest BCUT2D eigenvalue weighted by Crippen LogP contribution is -2.43. The molecule has 0 saturated carbocycles. The third kappa shape index (κ3) is 4.55. The van der Waals surface area contributed by atoms with E-state index in [1.54, 1.807) is 23.2 Å². The number of pyridine rings is 1. The first-order chi connectivity index (χ1) is 13.8. The van der Waals surface area contributed by atoms with Crippen molar-refractivity contribution in [2.45, 2.75) is 32.0 Å². The molecule has 3 aromatic rings. The van der Waals surface area contributed by atoms with Crippen LogP contribution in [0.15, 0.2) is 51.7 Å². The van der Waals surface area contributed by atoms with E-state index in [1.165, 1.54) is 6.26 Å². The van der Waals surface area contributed by atoms with Crippen molar-refractivity contribution >= 4 is 6.03 Å². The van der Waals surface area contributed by atoms with Crippen LogP contribution in [0.2, 0.25) is 0 Å². The number of carbonyl (C=O) groups is 1. The minimum absolute atomic E-state index is 0.0465. The van der Waals surface area contributed by atoms with Gasteiger partial charge in [0, 0.05) is 19.3 Å². The molecule has 1 aliphatic heterocycles. The SMILES string of the molecule is O=C(NCc1noc(-c2ccco2)n1)N(Cc1ccccn1)C[C@H]1CCCO1. The number of rotatable bonds is 7. The number of furan rings is 1. The number of nitrogens with one attached hydrogen (secondary N) is 1. The number of aromatic nitrogens is 3. The fourth-order valence-electron chi connectivity index (χ4n) is 3.03. The Kier molecular flexibility index (Phi) is 5.62. The van der Waals surface area contributed by atoms with Crippen LogP contribution in [-0.2, 0) is 17.8 Å². The highest BCUT2D eigenvalue weighted by Gasteiger charge is 2.23. The summed E-state index contributed by atoms with van der Waals surface area (Å²) in [6.07, 6.45) is 5.25. The van der Waals surface area contributed by atoms with Crippen LogP contribution in [0.25, 0.3) is 11.7 Å². The summed E-state index contributed by atoms with van der Waals surface area (Å²) in [6, 6.07) is 8.88. The number of amides is 2. The molecule has 28 heavy (non-hydrogen) atoms. The lowest BCUT2D eigenvalue weighted by molar-refractivity contribution is 0.0790. The van der Waals surface area contributed by atoms with E-state index >= 15 is 0 Å². The largest absolute Gasteiger partial charge is 0.459 e. The standard InChI is InChI=1S/C19H21N5O4/c25-19(21-11-17-22-18(28-23-17)16-7-4-10-27-16)24(13-15-6-3-9-26-15)12-14-5-1-2-8-20-14/h1-2,4-5,7-8,10,15H,3,6,9,11-13H2,(H,21,25)/t15-/m1/s1. The van der Waals surface area contributed by atoms with E-state index in [0.29, 0.717) is 24.7 Å². The monoisotopic (exact) mass is 383 g/mol. The van der Waals surface area contributed by atoms with Gasteiger partial charge in [0.05, 0.1) is 31.2 Å². The van der Waals surface area contributed by atoms with Gasteiger partial charge in [-0.3, -0.25) is 4.98 Å². The van der Waals surface area contributed by atoms with Gasteiger partial charge in [0.15, 0.2) is 11.6 Å². The molecule has 0 aromatic carbocycles. The summed E-state index contributed by atoms with van der Waals surface area (Å²) in [6.45, 7) is 1.79. The summed E-state index contributed by atoms with van der Waals surface area (Å²) in [5.41, 5.74) is 0.815. The molecule has 4 heterocycles. The lowest BCUT2D eigenvalue weighted by Gasteiger charge is -2.25. The van der Waals surface area contributed by atoms with Crippen LogP contribution >= 0.6 is 0 Å².